The first-order chi connectivity index (χ1) is 13.0. The van der Waals surface area contributed by atoms with Crippen molar-refractivity contribution in [3.8, 4) is 0 Å². The van der Waals surface area contributed by atoms with E-state index in [-0.39, 0.29) is 36.8 Å². The number of hydrogen-bond acceptors (Lipinski definition) is 5. The standard InChI is InChI=1S/C19H30N4O3S.2ClH/c1-16-5-7-17(8-6-16)27(25,26)21-10-11-22-12-14-23(15-13-22)19(24)18-4-2-3-9-20-18;;/h5-8,18,20-21H,2-4,9-15H2,1H3;2*1H/t18-;;/m1../s1. The predicted molar refractivity (Wildman–Crippen MR) is 120 cm³/mol. The van der Waals surface area contributed by atoms with Crippen molar-refractivity contribution < 1.29 is 13.2 Å². The van der Waals surface area contributed by atoms with Gasteiger partial charge in [-0.2, -0.15) is 0 Å². The zero-order chi connectivity index (χ0) is 19.3. The van der Waals surface area contributed by atoms with Crippen LogP contribution in [0.25, 0.3) is 0 Å². The molecule has 2 saturated heterocycles. The Kier molecular flexibility index (Phi) is 10.9. The molecule has 0 bridgehead atoms. The molecule has 2 fully saturated rings. The largest absolute Gasteiger partial charge is 0.339 e. The zero-order valence-corrected chi connectivity index (χ0v) is 19.3. The Balaban J connectivity index is 0.00000210. The average molecular weight is 467 g/mol. The van der Waals surface area contributed by atoms with Gasteiger partial charge in [0, 0.05) is 39.3 Å². The summed E-state index contributed by atoms with van der Waals surface area (Å²) in [6.45, 7) is 6.86. The van der Waals surface area contributed by atoms with Crippen molar-refractivity contribution in [1.29, 1.82) is 0 Å². The summed E-state index contributed by atoms with van der Waals surface area (Å²) in [7, 11) is -3.47. The van der Waals surface area contributed by atoms with Crippen LogP contribution in [-0.4, -0.2) is 76.0 Å². The number of nitrogens with zero attached hydrogens (tertiary/aromatic N) is 2. The van der Waals surface area contributed by atoms with E-state index in [0.717, 1.165) is 44.5 Å². The molecule has 0 unspecified atom stereocenters. The molecular weight excluding hydrogens is 435 g/mol. The number of hydrogen-bond donors (Lipinski definition) is 2. The third-order valence-electron chi connectivity index (χ3n) is 5.34. The minimum Gasteiger partial charge on any atom is -0.339 e. The number of aryl methyl sites for hydroxylation is 1. The van der Waals surface area contributed by atoms with E-state index in [9.17, 15) is 13.2 Å². The summed E-state index contributed by atoms with van der Waals surface area (Å²) < 4.78 is 27.3. The second kappa shape index (κ2) is 12.1. The number of sulfonamides is 1. The lowest BCUT2D eigenvalue weighted by Crippen LogP contribution is -2.55. The molecular formula is C19H32Cl2N4O3S. The molecule has 3 rings (SSSR count). The van der Waals surface area contributed by atoms with Crippen LogP contribution in [0, 0.1) is 6.92 Å². The summed E-state index contributed by atoms with van der Waals surface area (Å²) in [6.07, 6.45) is 3.19. The molecule has 1 aromatic rings. The molecule has 1 aromatic carbocycles. The van der Waals surface area contributed by atoms with Gasteiger partial charge in [0.1, 0.15) is 0 Å². The molecule has 29 heavy (non-hydrogen) atoms. The highest BCUT2D eigenvalue weighted by Crippen LogP contribution is 2.12. The summed E-state index contributed by atoms with van der Waals surface area (Å²) in [6, 6.07) is 6.83. The Bertz CT molecular complexity index is 732. The molecule has 0 aliphatic carbocycles. The van der Waals surface area contributed by atoms with E-state index in [1.54, 1.807) is 24.3 Å². The third-order valence-corrected chi connectivity index (χ3v) is 6.82. The van der Waals surface area contributed by atoms with E-state index >= 15 is 0 Å². The van der Waals surface area contributed by atoms with E-state index in [1.807, 2.05) is 11.8 Å². The van der Waals surface area contributed by atoms with Gasteiger partial charge in [0.25, 0.3) is 0 Å². The Morgan fingerprint density at radius 2 is 1.76 bits per heavy atom. The van der Waals surface area contributed by atoms with Crippen LogP contribution in [0.5, 0.6) is 0 Å². The van der Waals surface area contributed by atoms with Crippen molar-refractivity contribution in [3.63, 3.8) is 0 Å². The second-order valence-electron chi connectivity index (χ2n) is 7.38. The topological polar surface area (TPSA) is 81.8 Å². The molecule has 1 amide bonds. The van der Waals surface area contributed by atoms with Crippen LogP contribution in [0.15, 0.2) is 29.2 Å². The summed E-state index contributed by atoms with van der Waals surface area (Å²) >= 11 is 0. The number of piperidine rings is 1. The fourth-order valence-electron chi connectivity index (χ4n) is 3.61. The van der Waals surface area contributed by atoms with Gasteiger partial charge in [-0.1, -0.05) is 24.1 Å². The summed E-state index contributed by atoms with van der Waals surface area (Å²) in [5.41, 5.74) is 1.03. The molecule has 0 saturated carbocycles. The highest BCUT2D eigenvalue weighted by atomic mass is 35.5. The molecule has 2 heterocycles. The molecule has 0 spiro atoms. The van der Waals surface area contributed by atoms with E-state index in [2.05, 4.69) is 14.9 Å². The van der Waals surface area contributed by atoms with Crippen molar-refractivity contribution in [2.24, 2.45) is 0 Å². The Morgan fingerprint density at radius 3 is 2.34 bits per heavy atom. The van der Waals surface area contributed by atoms with Gasteiger partial charge in [0.05, 0.1) is 10.9 Å². The Labute approximate surface area is 186 Å². The van der Waals surface area contributed by atoms with Crippen molar-refractivity contribution in [2.45, 2.75) is 37.1 Å². The molecule has 2 aliphatic heterocycles. The first-order valence-electron chi connectivity index (χ1n) is 9.76. The van der Waals surface area contributed by atoms with E-state index in [0.29, 0.717) is 31.1 Å². The molecule has 166 valence electrons. The molecule has 2 N–H and O–H groups in total. The van der Waals surface area contributed by atoms with Gasteiger partial charge in [-0.3, -0.25) is 9.69 Å². The first kappa shape index (κ1) is 26.1. The van der Waals surface area contributed by atoms with Gasteiger partial charge in [0.2, 0.25) is 15.9 Å². The fourth-order valence-corrected chi connectivity index (χ4v) is 4.63. The molecule has 2 aliphatic rings. The average Bonchev–Trinajstić information content (AvgIpc) is 2.69. The molecule has 7 nitrogen and oxygen atoms in total. The van der Waals surface area contributed by atoms with Crippen LogP contribution in [0.3, 0.4) is 0 Å². The van der Waals surface area contributed by atoms with Crippen LogP contribution in [0.4, 0.5) is 0 Å². The second-order valence-corrected chi connectivity index (χ2v) is 9.15. The van der Waals surface area contributed by atoms with E-state index in [1.165, 1.54) is 0 Å². The Morgan fingerprint density at radius 1 is 1.10 bits per heavy atom. The number of halogens is 2. The molecule has 0 aromatic heterocycles. The van der Waals surface area contributed by atoms with Crippen LogP contribution in [0.1, 0.15) is 24.8 Å². The molecule has 1 atom stereocenters. The Hall–Kier alpha value is -0.900. The quantitative estimate of drug-likeness (QED) is 0.661. The van der Waals surface area contributed by atoms with Crippen LogP contribution >= 0.6 is 24.8 Å². The maximum Gasteiger partial charge on any atom is 0.240 e. The minimum absolute atomic E-state index is 0. The molecule has 10 heteroatoms. The third kappa shape index (κ3) is 7.38. The normalized spacial score (nSPS) is 20.4. The maximum atomic E-state index is 12.5. The van der Waals surface area contributed by atoms with E-state index in [4.69, 9.17) is 0 Å². The number of amides is 1. The lowest BCUT2D eigenvalue weighted by molar-refractivity contribution is -0.135. The summed E-state index contributed by atoms with van der Waals surface area (Å²) in [5.74, 6) is 0.217. The first-order valence-corrected chi connectivity index (χ1v) is 11.2. The fraction of sp³-hybridized carbons (Fsp3) is 0.632. The highest BCUT2D eigenvalue weighted by molar-refractivity contribution is 7.89. The van der Waals surface area contributed by atoms with Gasteiger partial charge in [0.15, 0.2) is 0 Å². The van der Waals surface area contributed by atoms with Gasteiger partial charge < -0.3 is 10.2 Å². The maximum absolute atomic E-state index is 12.5. The van der Waals surface area contributed by atoms with Gasteiger partial charge in [-0.05, 0) is 38.4 Å². The number of carbonyl (C=O) groups is 1. The summed E-state index contributed by atoms with van der Waals surface area (Å²) in [4.78, 5) is 17.0. The number of rotatable bonds is 6. The van der Waals surface area contributed by atoms with Crippen molar-refractivity contribution in [1.82, 2.24) is 19.8 Å². The number of piperazine rings is 1. The SMILES string of the molecule is Cc1ccc(S(=O)(=O)NCCN2CCN(C(=O)[C@H]3CCCCN3)CC2)cc1.Cl.Cl. The van der Waals surface area contributed by atoms with Gasteiger partial charge in [-0.25, -0.2) is 13.1 Å². The van der Waals surface area contributed by atoms with Crippen molar-refractivity contribution >= 4 is 40.7 Å². The number of carbonyl (C=O) groups excluding carboxylic acids is 1. The van der Waals surface area contributed by atoms with Crippen LogP contribution in [0.2, 0.25) is 0 Å². The molecule has 0 radical (unpaired) electrons. The van der Waals surface area contributed by atoms with Crippen LogP contribution < -0.4 is 10.0 Å². The minimum atomic E-state index is -3.47. The van der Waals surface area contributed by atoms with Gasteiger partial charge in [-0.15, -0.1) is 24.8 Å². The van der Waals surface area contributed by atoms with Gasteiger partial charge >= 0.3 is 0 Å². The monoisotopic (exact) mass is 466 g/mol. The lowest BCUT2D eigenvalue weighted by atomic mass is 10.0. The zero-order valence-electron chi connectivity index (χ0n) is 16.8. The van der Waals surface area contributed by atoms with Crippen LogP contribution in [-0.2, 0) is 14.8 Å². The van der Waals surface area contributed by atoms with Crippen molar-refractivity contribution in [3.05, 3.63) is 29.8 Å². The number of benzene rings is 1. The van der Waals surface area contributed by atoms with Crippen molar-refractivity contribution in [2.75, 3.05) is 45.8 Å². The van der Waals surface area contributed by atoms with E-state index < -0.39 is 10.0 Å². The lowest BCUT2D eigenvalue weighted by Gasteiger charge is -2.37. The number of nitrogens with one attached hydrogen (secondary N) is 2. The summed E-state index contributed by atoms with van der Waals surface area (Å²) in [5, 5.41) is 3.32. The highest BCUT2D eigenvalue weighted by Gasteiger charge is 2.28. The predicted octanol–water partition coefficient (Wildman–Crippen LogP) is 1.40. The smallest absolute Gasteiger partial charge is 0.240 e.